The largest absolute Gasteiger partial charge is 0.342 e. The molecule has 3 aliphatic rings. The molecule has 4 rings (SSSR count). The summed E-state index contributed by atoms with van der Waals surface area (Å²) in [4.78, 5) is 36.2. The number of likely N-dealkylation sites (tertiary alicyclic amines) is 2. The minimum Gasteiger partial charge on any atom is -0.342 e. The van der Waals surface area contributed by atoms with E-state index in [4.69, 9.17) is 0 Å². The average Bonchev–Trinajstić information content (AvgIpc) is 3.63. The summed E-state index contributed by atoms with van der Waals surface area (Å²) in [5, 5.41) is 0. The van der Waals surface area contributed by atoms with Crippen LogP contribution in [0.5, 0.6) is 0 Å². The Morgan fingerprint density at radius 2 is 1.76 bits per heavy atom. The Kier molecular flexibility index (Phi) is 6.48. The summed E-state index contributed by atoms with van der Waals surface area (Å²) in [7, 11) is 0. The predicted octanol–water partition coefficient (Wildman–Crippen LogP) is 2.54. The number of hydrogen-bond acceptors (Lipinski definition) is 4. The van der Waals surface area contributed by atoms with Gasteiger partial charge in [-0.2, -0.15) is 0 Å². The molecule has 0 bridgehead atoms. The van der Waals surface area contributed by atoms with Crippen LogP contribution in [0.25, 0.3) is 0 Å². The Bertz CT molecular complexity index is 698. The highest BCUT2D eigenvalue weighted by atomic mass is 16.2. The first-order valence-corrected chi connectivity index (χ1v) is 11.4. The third kappa shape index (κ3) is 4.97. The first-order valence-electron chi connectivity index (χ1n) is 11.4. The van der Waals surface area contributed by atoms with E-state index >= 15 is 0 Å². The van der Waals surface area contributed by atoms with E-state index in [1.807, 2.05) is 17.0 Å². The molecule has 1 aromatic rings. The maximum atomic E-state index is 13.2. The van der Waals surface area contributed by atoms with Gasteiger partial charge in [-0.3, -0.25) is 19.5 Å². The molecule has 1 saturated carbocycles. The molecule has 1 aromatic heterocycles. The Morgan fingerprint density at radius 1 is 1.03 bits per heavy atom. The highest BCUT2D eigenvalue weighted by Crippen LogP contribution is 2.33. The molecule has 3 heterocycles. The van der Waals surface area contributed by atoms with Crippen molar-refractivity contribution in [3.8, 4) is 0 Å². The van der Waals surface area contributed by atoms with Crippen molar-refractivity contribution >= 4 is 11.8 Å². The number of carbonyl (C=O) groups excluding carboxylic acids is 2. The zero-order valence-corrected chi connectivity index (χ0v) is 17.6. The summed E-state index contributed by atoms with van der Waals surface area (Å²) in [6.45, 7) is 7.19. The zero-order chi connectivity index (χ0) is 20.2. The van der Waals surface area contributed by atoms with E-state index in [0.717, 1.165) is 76.8 Å². The molecule has 2 saturated heterocycles. The van der Waals surface area contributed by atoms with E-state index in [1.165, 1.54) is 0 Å². The number of rotatable bonds is 6. The summed E-state index contributed by atoms with van der Waals surface area (Å²) in [5.74, 6) is 1.08. The van der Waals surface area contributed by atoms with Gasteiger partial charge < -0.3 is 9.80 Å². The van der Waals surface area contributed by atoms with Crippen LogP contribution in [-0.4, -0.2) is 70.3 Å². The lowest BCUT2D eigenvalue weighted by Gasteiger charge is -2.42. The van der Waals surface area contributed by atoms with Crippen molar-refractivity contribution in [2.24, 2.45) is 11.8 Å². The minimum absolute atomic E-state index is 0.0941. The van der Waals surface area contributed by atoms with Crippen LogP contribution in [0.2, 0.25) is 0 Å². The number of amides is 2. The molecular weight excluding hydrogens is 364 g/mol. The van der Waals surface area contributed by atoms with Gasteiger partial charge in [-0.1, -0.05) is 0 Å². The molecule has 1 aliphatic carbocycles. The highest BCUT2D eigenvalue weighted by Gasteiger charge is 2.37. The van der Waals surface area contributed by atoms with Crippen molar-refractivity contribution in [1.82, 2.24) is 19.7 Å². The SMILES string of the molecule is CCN(Cc1ccncc1)C(=O)C1CCCN(C2CCN(C(=O)C3CC3)CC2)C1. The van der Waals surface area contributed by atoms with Gasteiger partial charge in [-0.05, 0) is 69.7 Å². The van der Waals surface area contributed by atoms with Crippen molar-refractivity contribution in [2.45, 2.75) is 58.0 Å². The van der Waals surface area contributed by atoms with Gasteiger partial charge in [0.15, 0.2) is 0 Å². The van der Waals surface area contributed by atoms with Gasteiger partial charge in [-0.15, -0.1) is 0 Å². The number of nitrogens with zero attached hydrogens (tertiary/aromatic N) is 4. The lowest BCUT2D eigenvalue weighted by Crippen LogP contribution is -2.52. The Balaban J connectivity index is 1.30. The molecule has 158 valence electrons. The number of hydrogen-bond donors (Lipinski definition) is 0. The van der Waals surface area contributed by atoms with E-state index in [-0.39, 0.29) is 11.8 Å². The van der Waals surface area contributed by atoms with Gasteiger partial charge in [0.05, 0.1) is 5.92 Å². The van der Waals surface area contributed by atoms with Crippen molar-refractivity contribution in [3.63, 3.8) is 0 Å². The Hall–Kier alpha value is -1.95. The first kappa shape index (κ1) is 20.3. The Labute approximate surface area is 174 Å². The molecule has 0 N–H and O–H groups in total. The summed E-state index contributed by atoms with van der Waals surface area (Å²) in [6, 6.07) is 4.49. The quantitative estimate of drug-likeness (QED) is 0.739. The van der Waals surface area contributed by atoms with E-state index in [0.29, 0.717) is 24.4 Å². The van der Waals surface area contributed by atoms with Crippen LogP contribution >= 0.6 is 0 Å². The van der Waals surface area contributed by atoms with E-state index in [1.54, 1.807) is 12.4 Å². The first-order chi connectivity index (χ1) is 14.2. The van der Waals surface area contributed by atoms with Crippen LogP contribution < -0.4 is 0 Å². The van der Waals surface area contributed by atoms with Crippen molar-refractivity contribution in [3.05, 3.63) is 30.1 Å². The van der Waals surface area contributed by atoms with Gasteiger partial charge in [0.2, 0.25) is 11.8 Å². The smallest absolute Gasteiger partial charge is 0.227 e. The van der Waals surface area contributed by atoms with Crippen LogP contribution in [0.3, 0.4) is 0 Å². The highest BCUT2D eigenvalue weighted by molar-refractivity contribution is 5.81. The maximum Gasteiger partial charge on any atom is 0.227 e. The molecule has 0 spiro atoms. The maximum absolute atomic E-state index is 13.2. The van der Waals surface area contributed by atoms with Crippen LogP contribution in [0, 0.1) is 11.8 Å². The van der Waals surface area contributed by atoms with Crippen LogP contribution in [0.4, 0.5) is 0 Å². The molecule has 1 atom stereocenters. The third-order valence-electron chi connectivity index (χ3n) is 6.84. The number of aromatic nitrogens is 1. The van der Waals surface area contributed by atoms with Crippen molar-refractivity contribution < 1.29 is 9.59 Å². The number of piperidine rings is 2. The van der Waals surface area contributed by atoms with Gasteiger partial charge in [0.25, 0.3) is 0 Å². The fourth-order valence-corrected chi connectivity index (χ4v) is 4.89. The van der Waals surface area contributed by atoms with Gasteiger partial charge in [0, 0.05) is 57.1 Å². The number of carbonyl (C=O) groups is 2. The fourth-order valence-electron chi connectivity index (χ4n) is 4.89. The topological polar surface area (TPSA) is 56.8 Å². The second kappa shape index (κ2) is 9.24. The molecule has 3 fully saturated rings. The molecule has 29 heavy (non-hydrogen) atoms. The van der Waals surface area contributed by atoms with E-state index < -0.39 is 0 Å². The zero-order valence-electron chi connectivity index (χ0n) is 17.6. The van der Waals surface area contributed by atoms with Crippen LogP contribution in [0.15, 0.2) is 24.5 Å². The van der Waals surface area contributed by atoms with E-state index in [9.17, 15) is 9.59 Å². The monoisotopic (exact) mass is 398 g/mol. The van der Waals surface area contributed by atoms with Crippen LogP contribution in [-0.2, 0) is 16.1 Å². The molecule has 2 amide bonds. The number of pyridine rings is 1. The molecule has 6 nitrogen and oxygen atoms in total. The average molecular weight is 399 g/mol. The molecule has 1 unspecified atom stereocenters. The second-order valence-corrected chi connectivity index (χ2v) is 8.87. The second-order valence-electron chi connectivity index (χ2n) is 8.87. The molecule has 6 heteroatoms. The van der Waals surface area contributed by atoms with Gasteiger partial charge in [-0.25, -0.2) is 0 Å². The summed E-state index contributed by atoms with van der Waals surface area (Å²) < 4.78 is 0. The van der Waals surface area contributed by atoms with Crippen molar-refractivity contribution in [1.29, 1.82) is 0 Å². The van der Waals surface area contributed by atoms with Crippen molar-refractivity contribution in [2.75, 3.05) is 32.7 Å². The minimum atomic E-state index is 0.0941. The lowest BCUT2D eigenvalue weighted by molar-refractivity contribution is -0.138. The molecular formula is C23H34N4O2. The lowest BCUT2D eigenvalue weighted by atomic mass is 9.92. The summed E-state index contributed by atoms with van der Waals surface area (Å²) in [5.41, 5.74) is 1.13. The van der Waals surface area contributed by atoms with E-state index in [2.05, 4.69) is 21.7 Å². The van der Waals surface area contributed by atoms with Gasteiger partial charge >= 0.3 is 0 Å². The third-order valence-corrected chi connectivity index (χ3v) is 6.84. The summed E-state index contributed by atoms with van der Waals surface area (Å²) >= 11 is 0. The molecule has 0 radical (unpaired) electrons. The summed E-state index contributed by atoms with van der Waals surface area (Å²) in [6.07, 6.45) is 9.92. The Morgan fingerprint density at radius 3 is 2.41 bits per heavy atom. The predicted molar refractivity (Wildman–Crippen MR) is 112 cm³/mol. The molecule has 0 aromatic carbocycles. The van der Waals surface area contributed by atoms with Gasteiger partial charge in [0.1, 0.15) is 0 Å². The van der Waals surface area contributed by atoms with Crippen LogP contribution in [0.1, 0.15) is 51.0 Å². The molecule has 2 aliphatic heterocycles. The fraction of sp³-hybridized carbons (Fsp3) is 0.696. The standard InChI is InChI=1S/C23H34N4O2/c1-2-25(16-18-7-11-24-12-8-18)23(29)20-4-3-13-27(17-20)21-9-14-26(15-10-21)22(28)19-5-6-19/h7-8,11-12,19-21H,2-6,9-10,13-17H2,1H3. The normalized spacial score (nSPS) is 23.8.